The predicted molar refractivity (Wildman–Crippen MR) is 77.6 cm³/mol. The third-order valence-corrected chi connectivity index (χ3v) is 3.77. The number of hydrogen-bond acceptors (Lipinski definition) is 3. The van der Waals surface area contributed by atoms with Crippen LogP contribution in [0.1, 0.15) is 17.3 Å². The Morgan fingerprint density at radius 3 is 2.42 bits per heavy atom. The van der Waals surface area contributed by atoms with Crippen molar-refractivity contribution in [3.63, 3.8) is 0 Å². The number of benzene rings is 1. The average Bonchev–Trinajstić information content (AvgIpc) is 2.73. The molecule has 2 aromatic rings. The van der Waals surface area contributed by atoms with E-state index in [-0.39, 0.29) is 5.91 Å². The maximum atomic E-state index is 11.4. The van der Waals surface area contributed by atoms with Crippen molar-refractivity contribution in [1.29, 1.82) is 0 Å². The minimum atomic E-state index is -0.569. The second kappa shape index (κ2) is 5.42. The van der Waals surface area contributed by atoms with Gasteiger partial charge in [-0.2, -0.15) is 0 Å². The Morgan fingerprint density at radius 2 is 1.89 bits per heavy atom. The van der Waals surface area contributed by atoms with Crippen molar-refractivity contribution >= 4 is 39.8 Å². The van der Waals surface area contributed by atoms with Crippen LogP contribution >= 0.6 is 22.9 Å². The number of amides is 2. The summed E-state index contributed by atoms with van der Waals surface area (Å²) in [5, 5.41) is 3.71. The van der Waals surface area contributed by atoms with Gasteiger partial charge < -0.3 is 11.1 Å². The van der Waals surface area contributed by atoms with Gasteiger partial charge in [0.2, 0.25) is 5.91 Å². The first-order chi connectivity index (χ1) is 8.97. The van der Waals surface area contributed by atoms with E-state index in [4.69, 9.17) is 17.3 Å². The number of anilines is 1. The van der Waals surface area contributed by atoms with Crippen LogP contribution in [-0.2, 0) is 4.79 Å². The van der Waals surface area contributed by atoms with Crippen molar-refractivity contribution in [1.82, 2.24) is 0 Å². The maximum Gasteiger partial charge on any atom is 0.251 e. The van der Waals surface area contributed by atoms with Crippen LogP contribution in [0.15, 0.2) is 30.3 Å². The largest absolute Gasteiger partial charge is 0.366 e. The molecule has 0 aliphatic carbocycles. The summed E-state index contributed by atoms with van der Waals surface area (Å²) in [7, 11) is 0. The molecule has 4 nitrogen and oxygen atoms in total. The molecule has 0 unspecified atom stereocenters. The molecule has 1 heterocycles. The average molecular weight is 295 g/mol. The van der Waals surface area contributed by atoms with Crippen molar-refractivity contribution < 1.29 is 9.59 Å². The molecule has 98 valence electrons. The number of carbonyl (C=O) groups is 2. The third kappa shape index (κ3) is 3.13. The topological polar surface area (TPSA) is 72.2 Å². The van der Waals surface area contributed by atoms with E-state index in [1.807, 2.05) is 12.1 Å². The number of primary amides is 1. The Hall–Kier alpha value is -1.85. The fraction of sp³-hybridized carbons (Fsp3) is 0.0769. The number of thiophene rings is 1. The SMILES string of the molecule is CC(=O)Nc1sc(-c2ccc(Cl)cc2)cc1C(N)=O. The van der Waals surface area contributed by atoms with Crippen LogP contribution in [0.2, 0.25) is 5.02 Å². The molecule has 0 saturated carbocycles. The Kier molecular flexibility index (Phi) is 3.87. The fourth-order valence-corrected chi connectivity index (χ4v) is 2.82. The number of hydrogen-bond donors (Lipinski definition) is 2. The zero-order chi connectivity index (χ0) is 14.0. The van der Waals surface area contributed by atoms with Gasteiger partial charge in [0.1, 0.15) is 5.00 Å². The smallest absolute Gasteiger partial charge is 0.251 e. The van der Waals surface area contributed by atoms with Crippen LogP contribution in [-0.4, -0.2) is 11.8 Å². The molecule has 1 aromatic carbocycles. The van der Waals surface area contributed by atoms with E-state index < -0.39 is 5.91 Å². The summed E-state index contributed by atoms with van der Waals surface area (Å²) in [6, 6.07) is 8.88. The second-order valence-corrected chi connectivity index (χ2v) is 5.39. The summed E-state index contributed by atoms with van der Waals surface area (Å²) < 4.78 is 0. The molecule has 0 aliphatic heterocycles. The molecule has 2 amide bonds. The highest BCUT2D eigenvalue weighted by molar-refractivity contribution is 7.20. The van der Waals surface area contributed by atoms with Crippen molar-refractivity contribution in [3.05, 3.63) is 40.9 Å². The zero-order valence-electron chi connectivity index (χ0n) is 10.1. The lowest BCUT2D eigenvalue weighted by atomic mass is 10.1. The van der Waals surface area contributed by atoms with Crippen LogP contribution in [0.4, 0.5) is 5.00 Å². The summed E-state index contributed by atoms with van der Waals surface area (Å²) in [6.07, 6.45) is 0. The minimum Gasteiger partial charge on any atom is -0.366 e. The zero-order valence-corrected chi connectivity index (χ0v) is 11.6. The first-order valence-electron chi connectivity index (χ1n) is 5.44. The predicted octanol–water partition coefficient (Wildman–Crippen LogP) is 3.13. The lowest BCUT2D eigenvalue weighted by Gasteiger charge is -1.99. The molecular weight excluding hydrogens is 284 g/mol. The van der Waals surface area contributed by atoms with Gasteiger partial charge in [-0.15, -0.1) is 11.3 Å². The Morgan fingerprint density at radius 1 is 1.26 bits per heavy atom. The van der Waals surface area contributed by atoms with Crippen molar-refractivity contribution in [2.45, 2.75) is 6.92 Å². The standard InChI is InChI=1S/C13H11ClN2O2S/c1-7(17)16-13-10(12(15)18)6-11(19-13)8-2-4-9(14)5-3-8/h2-6H,1H3,(H2,15,18)(H,16,17). The van der Waals surface area contributed by atoms with E-state index in [1.54, 1.807) is 18.2 Å². The maximum absolute atomic E-state index is 11.4. The summed E-state index contributed by atoms with van der Waals surface area (Å²) in [5.74, 6) is -0.813. The van der Waals surface area contributed by atoms with E-state index in [9.17, 15) is 9.59 Å². The monoisotopic (exact) mass is 294 g/mol. The number of halogens is 1. The Labute approximate surface area is 119 Å². The molecule has 6 heteroatoms. The Balaban J connectivity index is 2.45. The van der Waals surface area contributed by atoms with Crippen LogP contribution in [0.5, 0.6) is 0 Å². The normalized spacial score (nSPS) is 10.2. The lowest BCUT2D eigenvalue weighted by molar-refractivity contribution is -0.114. The van der Waals surface area contributed by atoms with Crippen molar-refractivity contribution in [2.24, 2.45) is 5.73 Å². The van der Waals surface area contributed by atoms with Gasteiger partial charge in [-0.1, -0.05) is 23.7 Å². The lowest BCUT2D eigenvalue weighted by Crippen LogP contribution is -2.14. The number of carbonyl (C=O) groups excluding carboxylic acids is 2. The summed E-state index contributed by atoms with van der Waals surface area (Å²) in [6.45, 7) is 1.38. The molecule has 0 aliphatic rings. The molecule has 0 saturated heterocycles. The van der Waals surface area contributed by atoms with E-state index >= 15 is 0 Å². The number of nitrogens with one attached hydrogen (secondary N) is 1. The number of nitrogens with two attached hydrogens (primary N) is 1. The first kappa shape index (κ1) is 13.6. The molecule has 0 fully saturated rings. The molecule has 0 spiro atoms. The van der Waals surface area contributed by atoms with E-state index in [2.05, 4.69) is 5.32 Å². The van der Waals surface area contributed by atoms with Crippen LogP contribution in [0.3, 0.4) is 0 Å². The minimum absolute atomic E-state index is 0.244. The fourth-order valence-electron chi connectivity index (χ4n) is 1.58. The van der Waals surface area contributed by atoms with Gasteiger partial charge in [-0.05, 0) is 23.8 Å². The van der Waals surface area contributed by atoms with Gasteiger partial charge >= 0.3 is 0 Å². The third-order valence-electron chi connectivity index (χ3n) is 2.42. The van der Waals surface area contributed by atoms with Crippen LogP contribution in [0.25, 0.3) is 10.4 Å². The van der Waals surface area contributed by atoms with Gasteiger partial charge in [-0.25, -0.2) is 0 Å². The molecule has 0 radical (unpaired) electrons. The van der Waals surface area contributed by atoms with Gasteiger partial charge in [0.15, 0.2) is 0 Å². The van der Waals surface area contributed by atoms with E-state index in [0.29, 0.717) is 15.6 Å². The van der Waals surface area contributed by atoms with Gasteiger partial charge in [-0.3, -0.25) is 9.59 Å². The molecule has 0 bridgehead atoms. The van der Waals surface area contributed by atoms with Crippen molar-refractivity contribution in [3.8, 4) is 10.4 Å². The highest BCUT2D eigenvalue weighted by atomic mass is 35.5. The van der Waals surface area contributed by atoms with E-state index in [0.717, 1.165) is 10.4 Å². The van der Waals surface area contributed by atoms with Crippen LogP contribution in [0, 0.1) is 0 Å². The van der Waals surface area contributed by atoms with Gasteiger partial charge in [0.05, 0.1) is 5.56 Å². The van der Waals surface area contributed by atoms with Crippen molar-refractivity contribution in [2.75, 3.05) is 5.32 Å². The Bertz CT molecular complexity index is 635. The summed E-state index contributed by atoms with van der Waals surface area (Å²) >= 11 is 7.13. The second-order valence-electron chi connectivity index (χ2n) is 3.91. The molecule has 3 N–H and O–H groups in total. The molecule has 2 rings (SSSR count). The highest BCUT2D eigenvalue weighted by Gasteiger charge is 2.15. The molecular formula is C13H11ClN2O2S. The van der Waals surface area contributed by atoms with Gasteiger partial charge in [0, 0.05) is 16.8 Å². The molecule has 0 atom stereocenters. The number of rotatable bonds is 3. The van der Waals surface area contributed by atoms with Gasteiger partial charge in [0.25, 0.3) is 5.91 Å². The quantitative estimate of drug-likeness (QED) is 0.913. The first-order valence-corrected chi connectivity index (χ1v) is 6.64. The van der Waals surface area contributed by atoms with Crippen LogP contribution < -0.4 is 11.1 Å². The summed E-state index contributed by atoms with van der Waals surface area (Å²) in [5.41, 5.74) is 6.52. The molecule has 19 heavy (non-hydrogen) atoms. The van der Waals surface area contributed by atoms with E-state index in [1.165, 1.54) is 18.3 Å². The summed E-state index contributed by atoms with van der Waals surface area (Å²) in [4.78, 5) is 23.3. The highest BCUT2D eigenvalue weighted by Crippen LogP contribution is 2.35. The molecule has 1 aromatic heterocycles.